The zero-order valence-electron chi connectivity index (χ0n) is 11.2. The van der Waals surface area contributed by atoms with Gasteiger partial charge in [0.15, 0.2) is 0 Å². The molecule has 0 unspecified atom stereocenters. The van der Waals surface area contributed by atoms with E-state index in [1.165, 1.54) is 0 Å². The number of amides is 1. The Balaban J connectivity index is 1.83. The van der Waals surface area contributed by atoms with E-state index in [1.54, 1.807) is 0 Å². The van der Waals surface area contributed by atoms with Crippen LogP contribution in [-0.2, 0) is 4.79 Å². The van der Waals surface area contributed by atoms with Crippen molar-refractivity contribution in [2.24, 2.45) is 5.73 Å². The first-order chi connectivity index (χ1) is 9.58. The van der Waals surface area contributed by atoms with Crippen molar-refractivity contribution in [3.63, 3.8) is 0 Å². The Morgan fingerprint density at radius 3 is 2.70 bits per heavy atom. The minimum absolute atomic E-state index is 0.230. The van der Waals surface area contributed by atoms with Gasteiger partial charge in [0, 0.05) is 41.8 Å². The van der Waals surface area contributed by atoms with E-state index < -0.39 is 0 Å². The smallest absolute Gasteiger partial charge is 0.224 e. The predicted octanol–water partition coefficient (Wildman–Crippen LogP) is 2.51. The van der Waals surface area contributed by atoms with Crippen molar-refractivity contribution in [2.75, 3.05) is 25.0 Å². The van der Waals surface area contributed by atoms with Crippen LogP contribution in [0.2, 0.25) is 0 Å². The summed E-state index contributed by atoms with van der Waals surface area (Å²) < 4.78 is 0.862. The monoisotopic (exact) mass is 355 g/mol. The average molecular weight is 356 g/mol. The lowest BCUT2D eigenvalue weighted by Crippen LogP contribution is -2.29. The van der Waals surface area contributed by atoms with Gasteiger partial charge in [-0.25, -0.2) is 0 Å². The summed E-state index contributed by atoms with van der Waals surface area (Å²) in [6.07, 6.45) is 2.79. The first kappa shape index (κ1) is 15.3. The molecule has 1 fully saturated rings. The van der Waals surface area contributed by atoms with E-state index >= 15 is 0 Å². The largest absolute Gasteiger partial charge is 0.389 e. The van der Waals surface area contributed by atoms with Crippen LogP contribution < -0.4 is 11.1 Å². The van der Waals surface area contributed by atoms with Crippen LogP contribution >= 0.6 is 28.1 Å². The van der Waals surface area contributed by atoms with Crippen LogP contribution in [0.25, 0.3) is 0 Å². The second kappa shape index (κ2) is 7.04. The molecule has 1 heterocycles. The first-order valence-corrected chi connectivity index (χ1v) is 7.89. The fourth-order valence-corrected chi connectivity index (χ4v) is 3.16. The summed E-state index contributed by atoms with van der Waals surface area (Å²) in [5.74, 6) is 0.230. The quantitative estimate of drug-likeness (QED) is 0.796. The number of thiocarbonyl (C=S) groups is 1. The van der Waals surface area contributed by atoms with E-state index in [1.807, 2.05) is 23.1 Å². The minimum atomic E-state index is 0.230. The molecule has 2 rings (SSSR count). The highest BCUT2D eigenvalue weighted by Gasteiger charge is 2.16. The minimum Gasteiger partial charge on any atom is -0.389 e. The van der Waals surface area contributed by atoms with Crippen molar-refractivity contribution in [1.82, 2.24) is 4.90 Å². The van der Waals surface area contributed by atoms with Crippen molar-refractivity contribution in [3.8, 4) is 0 Å². The Bertz CT molecular complexity index is 515. The fourth-order valence-electron chi connectivity index (χ4n) is 2.26. The molecule has 1 aromatic rings. The summed E-state index contributed by atoms with van der Waals surface area (Å²) >= 11 is 8.39. The maximum Gasteiger partial charge on any atom is 0.224 e. The zero-order valence-corrected chi connectivity index (χ0v) is 13.6. The number of hydrogen-bond acceptors (Lipinski definition) is 3. The van der Waals surface area contributed by atoms with Crippen molar-refractivity contribution >= 4 is 44.7 Å². The van der Waals surface area contributed by atoms with Gasteiger partial charge in [-0.3, -0.25) is 4.79 Å². The van der Waals surface area contributed by atoms with Gasteiger partial charge in [-0.1, -0.05) is 12.2 Å². The van der Waals surface area contributed by atoms with Gasteiger partial charge in [-0.15, -0.1) is 0 Å². The Morgan fingerprint density at radius 2 is 2.10 bits per heavy atom. The fraction of sp³-hybridized carbons (Fsp3) is 0.429. The number of hydrogen-bond donors (Lipinski definition) is 2. The third kappa shape index (κ3) is 3.93. The molecule has 1 amide bonds. The standard InChI is InChI=1S/C14H18BrN3OS/c15-12-9-10(3-4-11(12)14(16)20)17-6-5-13(19)18-7-1-2-8-18/h3-4,9,17H,1-2,5-8H2,(H2,16,20). The Labute approximate surface area is 132 Å². The Kier molecular flexibility index (Phi) is 5.37. The van der Waals surface area contributed by atoms with Gasteiger partial charge in [-0.2, -0.15) is 0 Å². The van der Waals surface area contributed by atoms with E-state index in [0.29, 0.717) is 18.0 Å². The molecule has 1 aliphatic rings. The van der Waals surface area contributed by atoms with E-state index in [-0.39, 0.29) is 5.91 Å². The number of halogens is 1. The zero-order chi connectivity index (χ0) is 14.5. The second-order valence-corrected chi connectivity index (χ2v) is 6.12. The molecule has 3 N–H and O–H groups in total. The molecule has 20 heavy (non-hydrogen) atoms. The van der Waals surface area contributed by atoms with Crippen LogP contribution in [0.1, 0.15) is 24.8 Å². The van der Waals surface area contributed by atoms with Crippen molar-refractivity contribution in [1.29, 1.82) is 0 Å². The summed E-state index contributed by atoms with van der Waals surface area (Å²) in [4.78, 5) is 14.2. The molecule has 0 bridgehead atoms. The van der Waals surface area contributed by atoms with Gasteiger partial charge in [0.2, 0.25) is 5.91 Å². The maximum absolute atomic E-state index is 11.9. The molecule has 0 spiro atoms. The number of anilines is 1. The normalized spacial score (nSPS) is 14.3. The van der Waals surface area contributed by atoms with Gasteiger partial charge in [0.1, 0.15) is 4.99 Å². The van der Waals surface area contributed by atoms with Crippen LogP contribution in [0, 0.1) is 0 Å². The molecular weight excluding hydrogens is 338 g/mol. The Morgan fingerprint density at radius 1 is 1.40 bits per heavy atom. The highest BCUT2D eigenvalue weighted by molar-refractivity contribution is 9.10. The highest BCUT2D eigenvalue weighted by atomic mass is 79.9. The lowest BCUT2D eigenvalue weighted by molar-refractivity contribution is -0.129. The Hall–Kier alpha value is -1.14. The third-order valence-corrected chi connectivity index (χ3v) is 4.24. The number of likely N-dealkylation sites (tertiary alicyclic amines) is 1. The van der Waals surface area contributed by atoms with Crippen molar-refractivity contribution in [3.05, 3.63) is 28.2 Å². The molecule has 0 radical (unpaired) electrons. The lowest BCUT2D eigenvalue weighted by atomic mass is 10.2. The van der Waals surface area contributed by atoms with Gasteiger partial charge in [-0.05, 0) is 47.0 Å². The second-order valence-electron chi connectivity index (χ2n) is 4.82. The van der Waals surface area contributed by atoms with E-state index in [2.05, 4.69) is 21.2 Å². The number of nitrogens with two attached hydrogens (primary N) is 1. The van der Waals surface area contributed by atoms with Crippen molar-refractivity contribution < 1.29 is 4.79 Å². The molecule has 0 atom stereocenters. The number of rotatable bonds is 5. The van der Waals surface area contributed by atoms with Gasteiger partial charge in [0.25, 0.3) is 0 Å². The summed E-state index contributed by atoms with van der Waals surface area (Å²) in [6.45, 7) is 2.45. The number of carbonyl (C=O) groups excluding carboxylic acids is 1. The first-order valence-electron chi connectivity index (χ1n) is 6.69. The molecular formula is C14H18BrN3OS. The maximum atomic E-state index is 11.9. The third-order valence-electron chi connectivity index (χ3n) is 3.36. The molecule has 0 saturated carbocycles. The molecule has 4 nitrogen and oxygen atoms in total. The van der Waals surface area contributed by atoms with Gasteiger partial charge in [0.05, 0.1) is 0 Å². The summed E-state index contributed by atoms with van der Waals surface area (Å²) in [5.41, 5.74) is 7.37. The summed E-state index contributed by atoms with van der Waals surface area (Å²) in [5, 5.41) is 3.24. The van der Waals surface area contributed by atoms with Gasteiger partial charge >= 0.3 is 0 Å². The number of carbonyl (C=O) groups is 1. The van der Waals surface area contributed by atoms with Gasteiger partial charge < -0.3 is 16.0 Å². The van der Waals surface area contributed by atoms with E-state index in [0.717, 1.165) is 41.7 Å². The molecule has 1 aliphatic heterocycles. The summed E-state index contributed by atoms with van der Waals surface area (Å²) in [6, 6.07) is 5.71. The van der Waals surface area contributed by atoms with Crippen LogP contribution in [0.15, 0.2) is 22.7 Å². The predicted molar refractivity (Wildman–Crippen MR) is 89.0 cm³/mol. The highest BCUT2D eigenvalue weighted by Crippen LogP contribution is 2.21. The average Bonchev–Trinajstić information content (AvgIpc) is 2.92. The molecule has 0 aliphatic carbocycles. The molecule has 1 saturated heterocycles. The number of nitrogens with zero attached hydrogens (tertiary/aromatic N) is 1. The molecule has 108 valence electrons. The lowest BCUT2D eigenvalue weighted by Gasteiger charge is -2.15. The van der Waals surface area contributed by atoms with Crippen LogP contribution in [-0.4, -0.2) is 35.4 Å². The van der Waals surface area contributed by atoms with Crippen LogP contribution in [0.4, 0.5) is 5.69 Å². The SMILES string of the molecule is NC(=S)c1ccc(NCCC(=O)N2CCCC2)cc1Br. The van der Waals surface area contributed by atoms with Crippen molar-refractivity contribution in [2.45, 2.75) is 19.3 Å². The molecule has 1 aromatic carbocycles. The van der Waals surface area contributed by atoms with Crippen LogP contribution in [0.3, 0.4) is 0 Å². The van der Waals surface area contributed by atoms with Crippen LogP contribution in [0.5, 0.6) is 0 Å². The molecule has 0 aromatic heterocycles. The van der Waals surface area contributed by atoms with E-state index in [4.69, 9.17) is 18.0 Å². The number of nitrogens with one attached hydrogen (secondary N) is 1. The number of benzene rings is 1. The molecule has 6 heteroatoms. The summed E-state index contributed by atoms with van der Waals surface area (Å²) in [7, 11) is 0. The van der Waals surface area contributed by atoms with E-state index in [9.17, 15) is 4.79 Å². The topological polar surface area (TPSA) is 58.4 Å².